The number of piperazine rings is 1. The zero-order valence-electron chi connectivity index (χ0n) is 16.1. The fourth-order valence-corrected chi connectivity index (χ4v) is 3.63. The number of carbonyl (C=O) groups is 1. The van der Waals surface area contributed by atoms with E-state index >= 15 is 0 Å². The van der Waals surface area contributed by atoms with Gasteiger partial charge in [-0.15, -0.1) is 0 Å². The van der Waals surface area contributed by atoms with Crippen LogP contribution in [0.4, 0.5) is 11.4 Å². The highest BCUT2D eigenvalue weighted by molar-refractivity contribution is 6.12. The number of likely N-dealkylation sites (N-methyl/N-ethyl adjacent to an activating group) is 1. The van der Waals surface area contributed by atoms with Crippen LogP contribution in [-0.4, -0.2) is 48.9 Å². The van der Waals surface area contributed by atoms with E-state index in [0.29, 0.717) is 10.8 Å². The van der Waals surface area contributed by atoms with Gasteiger partial charge in [0, 0.05) is 12.4 Å². The van der Waals surface area contributed by atoms with Crippen molar-refractivity contribution in [3.63, 3.8) is 0 Å². The quantitative estimate of drug-likeness (QED) is 0.697. The average molecular weight is 378 g/mol. The fraction of sp³-hybridized carbons (Fsp3) is 0.286. The number of aryl methyl sites for hydroxylation is 1. The Morgan fingerprint density at radius 1 is 1.04 bits per heavy atom. The Hall–Kier alpha value is -3.19. The summed E-state index contributed by atoms with van der Waals surface area (Å²) in [6.07, 6.45) is 0. The molecule has 0 radical (unpaired) electrons. The number of carbonyl (C=O) groups excluding carboxylic acids is 1. The van der Waals surface area contributed by atoms with Gasteiger partial charge in [0.15, 0.2) is 5.69 Å². The van der Waals surface area contributed by atoms with Gasteiger partial charge in [-0.1, -0.05) is 30.3 Å². The molecule has 0 saturated carbocycles. The molecule has 7 nitrogen and oxygen atoms in total. The number of rotatable bonds is 3. The third-order valence-corrected chi connectivity index (χ3v) is 5.28. The van der Waals surface area contributed by atoms with Crippen LogP contribution in [0.5, 0.6) is 0 Å². The van der Waals surface area contributed by atoms with Crippen molar-refractivity contribution in [2.75, 3.05) is 43.4 Å². The normalized spacial score (nSPS) is 15.0. The molecule has 7 heteroatoms. The second-order valence-corrected chi connectivity index (χ2v) is 7.24. The Labute approximate surface area is 163 Å². The van der Waals surface area contributed by atoms with E-state index in [1.54, 1.807) is 31.3 Å². The molecule has 144 valence electrons. The third-order valence-electron chi connectivity index (χ3n) is 5.28. The number of aromatic nitrogens is 2. The molecule has 4 rings (SSSR count). The summed E-state index contributed by atoms with van der Waals surface area (Å²) < 4.78 is 1.21. The smallest absolute Gasteiger partial charge is 0.276 e. The van der Waals surface area contributed by atoms with Crippen LogP contribution in [0.1, 0.15) is 10.5 Å². The van der Waals surface area contributed by atoms with Gasteiger partial charge in [0.25, 0.3) is 11.5 Å². The van der Waals surface area contributed by atoms with Crippen LogP contribution in [-0.2, 0) is 7.05 Å². The van der Waals surface area contributed by atoms with E-state index in [1.807, 2.05) is 24.3 Å². The van der Waals surface area contributed by atoms with Gasteiger partial charge < -0.3 is 15.1 Å². The van der Waals surface area contributed by atoms with E-state index in [1.165, 1.54) is 9.58 Å². The molecule has 0 unspecified atom stereocenters. The van der Waals surface area contributed by atoms with Gasteiger partial charge in [-0.05, 0) is 18.2 Å². The molecule has 0 aliphatic carbocycles. The molecule has 0 bridgehead atoms. The van der Waals surface area contributed by atoms with E-state index in [0.717, 1.165) is 37.6 Å². The highest BCUT2D eigenvalue weighted by atomic mass is 16.2. The number of anilines is 2. The second-order valence-electron chi connectivity index (χ2n) is 7.24. The average Bonchev–Trinajstić information content (AvgIpc) is 2.72. The first kappa shape index (κ1) is 18.2. The number of quaternary nitrogens is 1. The molecule has 0 atom stereocenters. The summed E-state index contributed by atoms with van der Waals surface area (Å²) in [6, 6.07) is 14.9. The van der Waals surface area contributed by atoms with Crippen molar-refractivity contribution in [1.29, 1.82) is 0 Å². The Kier molecular flexibility index (Phi) is 4.83. The van der Waals surface area contributed by atoms with Crippen LogP contribution in [0.15, 0.2) is 53.3 Å². The number of hydrogen-bond acceptors (Lipinski definition) is 4. The lowest BCUT2D eigenvalue weighted by molar-refractivity contribution is -0.880. The summed E-state index contributed by atoms with van der Waals surface area (Å²) in [7, 11) is 3.76. The molecular weight excluding hydrogens is 354 g/mol. The van der Waals surface area contributed by atoms with Crippen LogP contribution in [0.25, 0.3) is 10.8 Å². The van der Waals surface area contributed by atoms with Crippen molar-refractivity contribution in [3.8, 4) is 0 Å². The molecule has 28 heavy (non-hydrogen) atoms. The van der Waals surface area contributed by atoms with Gasteiger partial charge in [0.1, 0.15) is 0 Å². The molecule has 1 aliphatic rings. The number of hydrogen-bond donors (Lipinski definition) is 2. The monoisotopic (exact) mass is 378 g/mol. The van der Waals surface area contributed by atoms with E-state index in [2.05, 4.69) is 22.4 Å². The Balaban J connectivity index is 1.68. The predicted octanol–water partition coefficient (Wildman–Crippen LogP) is 0.521. The van der Waals surface area contributed by atoms with Crippen molar-refractivity contribution >= 4 is 28.1 Å². The molecule has 3 aromatic rings. The molecular formula is C21H24N5O2+. The van der Waals surface area contributed by atoms with E-state index in [4.69, 9.17) is 0 Å². The molecule has 1 fully saturated rings. The molecule has 2 N–H and O–H groups in total. The number of nitrogens with zero attached hydrogens (tertiary/aromatic N) is 3. The number of amides is 1. The van der Waals surface area contributed by atoms with Crippen molar-refractivity contribution in [2.24, 2.45) is 7.05 Å². The highest BCUT2D eigenvalue weighted by Gasteiger charge is 2.21. The molecule has 1 aromatic heterocycles. The van der Waals surface area contributed by atoms with Gasteiger partial charge in [0.2, 0.25) is 0 Å². The zero-order chi connectivity index (χ0) is 19.7. The maximum atomic E-state index is 13.1. The van der Waals surface area contributed by atoms with Crippen molar-refractivity contribution in [3.05, 3.63) is 64.6 Å². The third kappa shape index (κ3) is 3.36. The fourth-order valence-electron chi connectivity index (χ4n) is 3.63. The maximum Gasteiger partial charge on any atom is 0.276 e. The van der Waals surface area contributed by atoms with Crippen LogP contribution >= 0.6 is 0 Å². The molecule has 1 aliphatic heterocycles. The van der Waals surface area contributed by atoms with Crippen LogP contribution in [0.2, 0.25) is 0 Å². The van der Waals surface area contributed by atoms with E-state index in [-0.39, 0.29) is 17.2 Å². The summed E-state index contributed by atoms with van der Waals surface area (Å²) >= 11 is 0. The molecule has 1 amide bonds. The van der Waals surface area contributed by atoms with Gasteiger partial charge in [-0.2, -0.15) is 5.10 Å². The number of fused-ring (bicyclic) bond motifs is 1. The minimum absolute atomic E-state index is 0.215. The minimum Gasteiger partial charge on any atom is -0.359 e. The molecule has 2 aromatic carbocycles. The van der Waals surface area contributed by atoms with Crippen molar-refractivity contribution < 1.29 is 9.69 Å². The summed E-state index contributed by atoms with van der Waals surface area (Å²) in [4.78, 5) is 29.2. The summed E-state index contributed by atoms with van der Waals surface area (Å²) in [6.45, 7) is 4.02. The minimum atomic E-state index is -0.320. The standard InChI is InChI=1S/C21H23N5O2/c1-24-11-13-26(14-12-24)18-10-6-5-9-17(18)22-20(27)19-15-7-3-4-8-16(15)21(28)25(2)23-19/h3-10H,11-14H2,1-2H3,(H,22,27)/p+1. The number of para-hydroxylation sites is 2. The molecule has 0 spiro atoms. The Morgan fingerprint density at radius 2 is 1.68 bits per heavy atom. The Morgan fingerprint density at radius 3 is 2.43 bits per heavy atom. The highest BCUT2D eigenvalue weighted by Crippen LogP contribution is 2.26. The van der Waals surface area contributed by atoms with E-state index in [9.17, 15) is 9.59 Å². The lowest BCUT2D eigenvalue weighted by atomic mass is 10.1. The van der Waals surface area contributed by atoms with Gasteiger partial charge in [-0.25, -0.2) is 4.68 Å². The van der Waals surface area contributed by atoms with Crippen molar-refractivity contribution in [1.82, 2.24) is 9.78 Å². The van der Waals surface area contributed by atoms with Gasteiger partial charge in [-0.3, -0.25) is 9.59 Å². The van der Waals surface area contributed by atoms with Crippen molar-refractivity contribution in [2.45, 2.75) is 0 Å². The SMILES string of the molecule is Cn1nc(C(=O)Nc2ccccc2N2CC[NH+](C)CC2)c2ccccc2c1=O. The summed E-state index contributed by atoms with van der Waals surface area (Å²) in [5.74, 6) is -0.320. The molecule has 2 heterocycles. The summed E-state index contributed by atoms with van der Waals surface area (Å²) in [5.41, 5.74) is 1.80. The van der Waals surface area contributed by atoms with Crippen LogP contribution in [0.3, 0.4) is 0 Å². The topological polar surface area (TPSA) is 71.7 Å². The first-order chi connectivity index (χ1) is 13.5. The summed E-state index contributed by atoms with van der Waals surface area (Å²) in [5, 5.41) is 8.28. The van der Waals surface area contributed by atoms with Crippen LogP contribution in [0, 0.1) is 0 Å². The molecule has 1 saturated heterocycles. The predicted molar refractivity (Wildman–Crippen MR) is 110 cm³/mol. The number of benzene rings is 2. The largest absolute Gasteiger partial charge is 0.359 e. The van der Waals surface area contributed by atoms with E-state index < -0.39 is 0 Å². The lowest BCUT2D eigenvalue weighted by Crippen LogP contribution is -3.12. The van der Waals surface area contributed by atoms with Crippen LogP contribution < -0.4 is 20.7 Å². The number of nitrogens with one attached hydrogen (secondary N) is 2. The van der Waals surface area contributed by atoms with Gasteiger partial charge in [0.05, 0.1) is 50.0 Å². The first-order valence-corrected chi connectivity index (χ1v) is 9.47. The maximum absolute atomic E-state index is 13.1. The Bertz CT molecular complexity index is 1080. The first-order valence-electron chi connectivity index (χ1n) is 9.47. The van der Waals surface area contributed by atoms with Gasteiger partial charge >= 0.3 is 0 Å². The zero-order valence-corrected chi connectivity index (χ0v) is 16.1. The lowest BCUT2D eigenvalue weighted by Gasteiger charge is -2.33. The second kappa shape index (κ2) is 7.44.